The highest BCUT2D eigenvalue weighted by Gasteiger charge is 2.32. The van der Waals surface area contributed by atoms with Gasteiger partial charge in [0.15, 0.2) is 5.60 Å². The zero-order valence-electron chi connectivity index (χ0n) is 13.2. The summed E-state index contributed by atoms with van der Waals surface area (Å²) in [6.45, 7) is 3.19. The lowest BCUT2D eigenvalue weighted by Crippen LogP contribution is -2.47. The van der Waals surface area contributed by atoms with E-state index in [0.29, 0.717) is 16.3 Å². The molecule has 0 saturated heterocycles. The van der Waals surface area contributed by atoms with E-state index in [4.69, 9.17) is 16.3 Å². The molecule has 0 spiro atoms. The number of carbonyl (C=O) groups excluding carboxylic acids is 1. The maximum atomic E-state index is 13.0. The molecule has 0 unspecified atom stereocenters. The quantitative estimate of drug-likeness (QED) is 0.889. The Balaban J connectivity index is 2.09. The molecule has 4 nitrogen and oxygen atoms in total. The second kappa shape index (κ2) is 7.33. The van der Waals surface area contributed by atoms with Crippen molar-refractivity contribution in [2.45, 2.75) is 25.5 Å². The standard InChI is InChI=1S/C18H16ClFN2O2/c1-18(2,24-15-9-5-13(19)6-10-15)17(23)22-16(11-21)12-3-7-14(20)8-4-12/h3-10,16H,1-2H3,(H,22,23)/t16-/m0/s1. The van der Waals surface area contributed by atoms with Crippen molar-refractivity contribution in [3.8, 4) is 11.8 Å². The van der Waals surface area contributed by atoms with Crippen LogP contribution in [0.25, 0.3) is 0 Å². The highest BCUT2D eigenvalue weighted by molar-refractivity contribution is 6.30. The van der Waals surface area contributed by atoms with Crippen molar-refractivity contribution in [2.24, 2.45) is 0 Å². The summed E-state index contributed by atoms with van der Waals surface area (Å²) in [7, 11) is 0. The topological polar surface area (TPSA) is 62.1 Å². The normalized spacial score (nSPS) is 12.1. The Kier molecular flexibility index (Phi) is 5.42. The molecule has 2 rings (SSSR count). The Morgan fingerprint density at radius 2 is 1.79 bits per heavy atom. The van der Waals surface area contributed by atoms with Gasteiger partial charge in [-0.05, 0) is 55.8 Å². The first kappa shape index (κ1) is 17.8. The van der Waals surface area contributed by atoms with E-state index in [9.17, 15) is 14.4 Å². The first-order valence-electron chi connectivity index (χ1n) is 7.22. The molecule has 124 valence electrons. The number of ether oxygens (including phenoxy) is 1. The van der Waals surface area contributed by atoms with Crippen LogP contribution in [0.3, 0.4) is 0 Å². The van der Waals surface area contributed by atoms with Crippen LogP contribution in [0.4, 0.5) is 4.39 Å². The zero-order valence-corrected chi connectivity index (χ0v) is 14.0. The van der Waals surface area contributed by atoms with Crippen LogP contribution < -0.4 is 10.1 Å². The highest BCUT2D eigenvalue weighted by atomic mass is 35.5. The Labute approximate surface area is 144 Å². The van der Waals surface area contributed by atoms with Crippen LogP contribution in [-0.4, -0.2) is 11.5 Å². The SMILES string of the molecule is CC(C)(Oc1ccc(Cl)cc1)C(=O)N[C@@H](C#N)c1ccc(F)cc1. The highest BCUT2D eigenvalue weighted by Crippen LogP contribution is 2.22. The minimum absolute atomic E-state index is 0.409. The number of halogens is 2. The molecule has 6 heteroatoms. The van der Waals surface area contributed by atoms with E-state index in [0.717, 1.165) is 0 Å². The number of carbonyl (C=O) groups is 1. The number of nitrogens with zero attached hydrogens (tertiary/aromatic N) is 1. The van der Waals surface area contributed by atoms with E-state index in [-0.39, 0.29) is 0 Å². The molecule has 1 amide bonds. The minimum Gasteiger partial charge on any atom is -0.478 e. The fraction of sp³-hybridized carbons (Fsp3) is 0.222. The van der Waals surface area contributed by atoms with Gasteiger partial charge < -0.3 is 10.1 Å². The van der Waals surface area contributed by atoms with Crippen LogP contribution in [0.15, 0.2) is 48.5 Å². The minimum atomic E-state index is -1.21. The van der Waals surface area contributed by atoms with Gasteiger partial charge in [0.1, 0.15) is 17.6 Å². The molecular formula is C18H16ClFN2O2. The van der Waals surface area contributed by atoms with Crippen LogP contribution in [0.2, 0.25) is 5.02 Å². The van der Waals surface area contributed by atoms with Crippen LogP contribution in [0.5, 0.6) is 5.75 Å². The molecule has 0 heterocycles. The van der Waals surface area contributed by atoms with Gasteiger partial charge in [0.25, 0.3) is 5.91 Å². The number of hydrogen-bond acceptors (Lipinski definition) is 3. The predicted molar refractivity (Wildman–Crippen MR) is 89.1 cm³/mol. The van der Waals surface area contributed by atoms with E-state index in [1.54, 1.807) is 38.1 Å². The lowest BCUT2D eigenvalue weighted by molar-refractivity contribution is -0.134. The number of rotatable bonds is 5. The summed E-state index contributed by atoms with van der Waals surface area (Å²) in [4.78, 5) is 12.5. The molecule has 0 fully saturated rings. The summed E-state index contributed by atoms with van der Waals surface area (Å²) >= 11 is 5.81. The third-order valence-corrected chi connectivity index (χ3v) is 3.59. The Morgan fingerprint density at radius 1 is 1.21 bits per heavy atom. The monoisotopic (exact) mass is 346 g/mol. The van der Waals surface area contributed by atoms with Crippen molar-refractivity contribution < 1.29 is 13.9 Å². The van der Waals surface area contributed by atoms with Crippen LogP contribution in [-0.2, 0) is 4.79 Å². The van der Waals surface area contributed by atoms with Gasteiger partial charge >= 0.3 is 0 Å². The van der Waals surface area contributed by atoms with Crippen molar-refractivity contribution in [1.82, 2.24) is 5.32 Å². The maximum absolute atomic E-state index is 13.0. The molecule has 2 aromatic carbocycles. The molecule has 0 aliphatic heterocycles. The number of hydrogen-bond donors (Lipinski definition) is 1. The largest absolute Gasteiger partial charge is 0.478 e. The van der Waals surface area contributed by atoms with Gasteiger partial charge in [-0.2, -0.15) is 5.26 Å². The van der Waals surface area contributed by atoms with Crippen molar-refractivity contribution in [1.29, 1.82) is 5.26 Å². The number of nitriles is 1. The van der Waals surface area contributed by atoms with Gasteiger partial charge in [-0.15, -0.1) is 0 Å². The number of nitrogens with one attached hydrogen (secondary N) is 1. The van der Waals surface area contributed by atoms with Crippen molar-refractivity contribution >= 4 is 17.5 Å². The Hall–Kier alpha value is -2.58. The third kappa shape index (κ3) is 4.46. The molecule has 1 atom stereocenters. The van der Waals surface area contributed by atoms with Gasteiger partial charge in [-0.25, -0.2) is 4.39 Å². The van der Waals surface area contributed by atoms with Gasteiger partial charge in [-0.3, -0.25) is 4.79 Å². The number of benzene rings is 2. The molecule has 0 aliphatic carbocycles. The fourth-order valence-electron chi connectivity index (χ4n) is 1.99. The zero-order chi connectivity index (χ0) is 17.7. The van der Waals surface area contributed by atoms with Gasteiger partial charge in [-0.1, -0.05) is 23.7 Å². The third-order valence-electron chi connectivity index (χ3n) is 3.34. The summed E-state index contributed by atoms with van der Waals surface area (Å²) < 4.78 is 18.7. The van der Waals surface area contributed by atoms with Gasteiger partial charge in [0.05, 0.1) is 6.07 Å². The summed E-state index contributed by atoms with van der Waals surface area (Å²) in [5.74, 6) is -0.392. The summed E-state index contributed by atoms with van der Waals surface area (Å²) in [5, 5.41) is 12.4. The molecule has 1 N–H and O–H groups in total. The number of amides is 1. The summed E-state index contributed by atoms with van der Waals surface area (Å²) in [6.07, 6.45) is 0. The maximum Gasteiger partial charge on any atom is 0.264 e. The van der Waals surface area contributed by atoms with Crippen LogP contribution in [0.1, 0.15) is 25.5 Å². The van der Waals surface area contributed by atoms with Gasteiger partial charge in [0.2, 0.25) is 0 Å². The Bertz CT molecular complexity index is 752. The Morgan fingerprint density at radius 3 is 2.33 bits per heavy atom. The lowest BCUT2D eigenvalue weighted by atomic mass is 10.0. The van der Waals surface area contributed by atoms with Crippen molar-refractivity contribution in [2.75, 3.05) is 0 Å². The second-order valence-electron chi connectivity index (χ2n) is 5.65. The lowest BCUT2D eigenvalue weighted by Gasteiger charge is -2.26. The molecule has 2 aromatic rings. The molecule has 0 aromatic heterocycles. The van der Waals surface area contributed by atoms with Crippen molar-refractivity contribution in [3.05, 3.63) is 64.9 Å². The summed E-state index contributed by atoms with van der Waals surface area (Å²) in [6, 6.07) is 13.1. The smallest absolute Gasteiger partial charge is 0.264 e. The predicted octanol–water partition coefficient (Wildman–Crippen LogP) is 4.02. The molecule has 24 heavy (non-hydrogen) atoms. The van der Waals surface area contributed by atoms with E-state index in [2.05, 4.69) is 5.32 Å². The average molecular weight is 347 g/mol. The first-order valence-corrected chi connectivity index (χ1v) is 7.60. The average Bonchev–Trinajstić information content (AvgIpc) is 2.55. The van der Waals surface area contributed by atoms with Gasteiger partial charge in [0, 0.05) is 5.02 Å². The van der Waals surface area contributed by atoms with E-state index >= 15 is 0 Å². The second-order valence-corrected chi connectivity index (χ2v) is 6.09. The van der Waals surface area contributed by atoms with E-state index < -0.39 is 23.4 Å². The van der Waals surface area contributed by atoms with Crippen LogP contribution >= 0.6 is 11.6 Å². The van der Waals surface area contributed by atoms with Crippen LogP contribution in [0, 0.1) is 17.1 Å². The molecule has 0 saturated carbocycles. The first-order chi connectivity index (χ1) is 11.3. The molecule has 0 bridgehead atoms. The summed E-state index contributed by atoms with van der Waals surface area (Å²) in [5.41, 5.74) is -0.710. The molecular weight excluding hydrogens is 331 g/mol. The van der Waals surface area contributed by atoms with E-state index in [1.807, 2.05) is 6.07 Å². The molecule has 0 aliphatic rings. The van der Waals surface area contributed by atoms with Crippen molar-refractivity contribution in [3.63, 3.8) is 0 Å². The molecule has 0 radical (unpaired) electrons. The van der Waals surface area contributed by atoms with E-state index in [1.165, 1.54) is 24.3 Å². The fourth-order valence-corrected chi connectivity index (χ4v) is 2.12.